The van der Waals surface area contributed by atoms with Gasteiger partial charge in [0.1, 0.15) is 5.60 Å². The van der Waals surface area contributed by atoms with Crippen molar-refractivity contribution < 1.29 is 14.3 Å². The van der Waals surface area contributed by atoms with Gasteiger partial charge < -0.3 is 14.4 Å². The summed E-state index contributed by atoms with van der Waals surface area (Å²) in [5, 5.41) is 0. The smallest absolute Gasteiger partial charge is 0.410 e. The number of carbonyl (C=O) groups excluding carboxylic acids is 1. The molecule has 2 fully saturated rings. The first-order valence-corrected chi connectivity index (χ1v) is 6.51. The van der Waals surface area contributed by atoms with Gasteiger partial charge in [-0.3, -0.25) is 0 Å². The van der Waals surface area contributed by atoms with Gasteiger partial charge in [0.25, 0.3) is 0 Å². The van der Waals surface area contributed by atoms with Crippen molar-refractivity contribution in [2.75, 3.05) is 26.3 Å². The Kier molecular flexibility index (Phi) is 3.61. The Bertz CT molecular complexity index is 271. The van der Waals surface area contributed by atoms with E-state index in [4.69, 9.17) is 9.47 Å². The number of likely N-dealkylation sites (tertiary alicyclic amines) is 1. The van der Waals surface area contributed by atoms with E-state index in [2.05, 4.69) is 0 Å². The maximum Gasteiger partial charge on any atom is 0.410 e. The van der Waals surface area contributed by atoms with Crippen LogP contribution in [0, 0.1) is 11.8 Å². The number of rotatable bonds is 0. The summed E-state index contributed by atoms with van der Waals surface area (Å²) in [5.41, 5.74) is -0.398. The molecule has 2 heterocycles. The minimum atomic E-state index is -0.398. The molecule has 98 valence electrons. The van der Waals surface area contributed by atoms with Gasteiger partial charge >= 0.3 is 6.09 Å². The fraction of sp³-hybridized carbons (Fsp3) is 0.923. The molecule has 4 heteroatoms. The van der Waals surface area contributed by atoms with E-state index in [0.29, 0.717) is 11.8 Å². The predicted molar refractivity (Wildman–Crippen MR) is 64.8 cm³/mol. The molecule has 2 aliphatic heterocycles. The van der Waals surface area contributed by atoms with Crippen LogP contribution in [0.1, 0.15) is 33.6 Å². The molecule has 0 bridgehead atoms. The van der Waals surface area contributed by atoms with Crippen LogP contribution in [0.3, 0.4) is 0 Å². The number of carbonyl (C=O) groups is 1. The molecule has 0 saturated carbocycles. The van der Waals surface area contributed by atoms with E-state index in [9.17, 15) is 4.79 Å². The van der Waals surface area contributed by atoms with E-state index < -0.39 is 5.60 Å². The zero-order valence-corrected chi connectivity index (χ0v) is 11.1. The largest absolute Gasteiger partial charge is 0.444 e. The Hall–Kier alpha value is -0.770. The van der Waals surface area contributed by atoms with Crippen LogP contribution < -0.4 is 0 Å². The summed E-state index contributed by atoms with van der Waals surface area (Å²) in [6, 6.07) is 0. The average molecular weight is 241 g/mol. The Morgan fingerprint density at radius 2 is 1.71 bits per heavy atom. The number of nitrogens with zero attached hydrogens (tertiary/aromatic N) is 1. The number of amides is 1. The fourth-order valence-corrected chi connectivity index (χ4v) is 2.64. The third kappa shape index (κ3) is 3.35. The van der Waals surface area contributed by atoms with E-state index in [1.807, 2.05) is 25.7 Å². The Morgan fingerprint density at radius 1 is 1.18 bits per heavy atom. The van der Waals surface area contributed by atoms with Crippen LogP contribution in [0.4, 0.5) is 4.79 Å². The lowest BCUT2D eigenvalue weighted by molar-refractivity contribution is 0.0274. The van der Waals surface area contributed by atoms with Gasteiger partial charge in [-0.25, -0.2) is 4.79 Å². The fourth-order valence-electron chi connectivity index (χ4n) is 2.64. The summed E-state index contributed by atoms with van der Waals surface area (Å²) in [4.78, 5) is 13.8. The normalized spacial score (nSPS) is 29.7. The van der Waals surface area contributed by atoms with Crippen LogP contribution in [0.5, 0.6) is 0 Å². The molecule has 0 aromatic rings. The summed E-state index contributed by atoms with van der Waals surface area (Å²) < 4.78 is 10.9. The zero-order valence-electron chi connectivity index (χ0n) is 11.1. The number of hydrogen-bond donors (Lipinski definition) is 0. The van der Waals surface area contributed by atoms with Crippen molar-refractivity contribution in [3.05, 3.63) is 0 Å². The van der Waals surface area contributed by atoms with Gasteiger partial charge in [0.2, 0.25) is 0 Å². The number of hydrogen-bond acceptors (Lipinski definition) is 3. The first-order chi connectivity index (χ1) is 7.96. The maximum atomic E-state index is 12.0. The summed E-state index contributed by atoms with van der Waals surface area (Å²) in [5.74, 6) is 1.20. The second-order valence-electron chi connectivity index (χ2n) is 6.10. The van der Waals surface area contributed by atoms with E-state index in [1.165, 1.54) is 0 Å². The quantitative estimate of drug-likeness (QED) is 0.653. The minimum Gasteiger partial charge on any atom is -0.444 e. The summed E-state index contributed by atoms with van der Waals surface area (Å²) in [6.07, 6.45) is 1.99. The van der Waals surface area contributed by atoms with Gasteiger partial charge in [-0.2, -0.15) is 0 Å². The van der Waals surface area contributed by atoms with Crippen LogP contribution >= 0.6 is 0 Å². The predicted octanol–water partition coefficient (Wildman–Crippen LogP) is 2.28. The molecule has 0 aromatic carbocycles. The third-order valence-corrected chi connectivity index (χ3v) is 3.49. The van der Waals surface area contributed by atoms with Gasteiger partial charge in [-0.05, 0) is 45.4 Å². The van der Waals surface area contributed by atoms with Gasteiger partial charge in [-0.1, -0.05) is 0 Å². The van der Waals surface area contributed by atoms with Gasteiger partial charge in [0.05, 0.1) is 0 Å². The van der Waals surface area contributed by atoms with E-state index in [1.54, 1.807) is 0 Å². The number of fused-ring (bicyclic) bond motifs is 1. The van der Waals surface area contributed by atoms with Crippen LogP contribution in [0.25, 0.3) is 0 Å². The van der Waals surface area contributed by atoms with Crippen LogP contribution in [-0.4, -0.2) is 42.9 Å². The zero-order chi connectivity index (χ0) is 12.5. The highest BCUT2D eigenvalue weighted by Gasteiger charge is 2.37. The molecular formula is C13H23NO3. The molecule has 0 radical (unpaired) electrons. The van der Waals surface area contributed by atoms with Crippen molar-refractivity contribution in [2.45, 2.75) is 39.2 Å². The van der Waals surface area contributed by atoms with Crippen molar-refractivity contribution in [3.63, 3.8) is 0 Å². The average Bonchev–Trinajstić information content (AvgIpc) is 2.48. The standard InChI is InChI=1S/C13H23NO3/c1-13(2,3)17-12(15)14-8-10-4-6-16-7-5-11(10)9-14/h10-11H,4-9H2,1-3H3. The van der Waals surface area contributed by atoms with E-state index in [0.717, 1.165) is 39.1 Å². The molecular weight excluding hydrogens is 218 g/mol. The van der Waals surface area contributed by atoms with Crippen LogP contribution in [0.2, 0.25) is 0 Å². The van der Waals surface area contributed by atoms with Gasteiger partial charge in [-0.15, -0.1) is 0 Å². The SMILES string of the molecule is CC(C)(C)OC(=O)N1CC2CCOCCC2C1. The van der Waals surface area contributed by atoms with Gasteiger partial charge in [0, 0.05) is 26.3 Å². The van der Waals surface area contributed by atoms with Crippen molar-refractivity contribution in [3.8, 4) is 0 Å². The molecule has 0 spiro atoms. The second-order valence-corrected chi connectivity index (χ2v) is 6.10. The molecule has 17 heavy (non-hydrogen) atoms. The monoisotopic (exact) mass is 241 g/mol. The second kappa shape index (κ2) is 4.84. The molecule has 1 amide bonds. The van der Waals surface area contributed by atoms with Crippen molar-refractivity contribution in [2.24, 2.45) is 11.8 Å². The minimum absolute atomic E-state index is 0.161. The molecule has 2 atom stereocenters. The topological polar surface area (TPSA) is 38.8 Å². The third-order valence-electron chi connectivity index (χ3n) is 3.49. The first-order valence-electron chi connectivity index (χ1n) is 6.51. The first kappa shape index (κ1) is 12.7. The van der Waals surface area contributed by atoms with Crippen LogP contribution in [-0.2, 0) is 9.47 Å². The lowest BCUT2D eigenvalue weighted by Gasteiger charge is -2.24. The van der Waals surface area contributed by atoms with Gasteiger partial charge in [0.15, 0.2) is 0 Å². The molecule has 0 N–H and O–H groups in total. The van der Waals surface area contributed by atoms with Crippen molar-refractivity contribution in [1.29, 1.82) is 0 Å². The van der Waals surface area contributed by atoms with Crippen molar-refractivity contribution in [1.82, 2.24) is 4.90 Å². The Labute approximate surface area is 103 Å². The number of ether oxygens (including phenoxy) is 2. The van der Waals surface area contributed by atoms with E-state index in [-0.39, 0.29) is 6.09 Å². The highest BCUT2D eigenvalue weighted by Crippen LogP contribution is 2.31. The molecule has 4 nitrogen and oxygen atoms in total. The molecule has 2 aliphatic rings. The Balaban J connectivity index is 1.90. The van der Waals surface area contributed by atoms with Crippen molar-refractivity contribution >= 4 is 6.09 Å². The lowest BCUT2D eigenvalue weighted by atomic mass is 9.92. The maximum absolute atomic E-state index is 12.0. The van der Waals surface area contributed by atoms with E-state index >= 15 is 0 Å². The summed E-state index contributed by atoms with van der Waals surface area (Å²) in [7, 11) is 0. The molecule has 2 saturated heterocycles. The lowest BCUT2D eigenvalue weighted by Crippen LogP contribution is -2.35. The summed E-state index contributed by atoms with van der Waals surface area (Å²) in [6.45, 7) is 9.07. The molecule has 0 aromatic heterocycles. The summed E-state index contributed by atoms with van der Waals surface area (Å²) >= 11 is 0. The molecule has 2 unspecified atom stereocenters. The Morgan fingerprint density at radius 3 is 2.18 bits per heavy atom. The molecule has 0 aliphatic carbocycles. The van der Waals surface area contributed by atoms with Crippen LogP contribution in [0.15, 0.2) is 0 Å². The molecule has 2 rings (SSSR count). The highest BCUT2D eigenvalue weighted by atomic mass is 16.6. The highest BCUT2D eigenvalue weighted by molar-refractivity contribution is 5.68.